The van der Waals surface area contributed by atoms with Crippen molar-refractivity contribution < 1.29 is 9.84 Å². The number of pyridine rings is 1. The number of β-amino-alcohol motifs (C(OH)–C–C–N with tert-alkyl or cyclic N) is 1. The van der Waals surface area contributed by atoms with Gasteiger partial charge >= 0.3 is 0 Å². The molecule has 1 aliphatic rings. The van der Waals surface area contributed by atoms with Crippen LogP contribution in [0.5, 0.6) is 0 Å². The molecule has 2 rings (SSSR count). The van der Waals surface area contributed by atoms with E-state index >= 15 is 0 Å². The Balaban J connectivity index is 1.83. The van der Waals surface area contributed by atoms with Crippen LogP contribution >= 0.6 is 0 Å². The molecule has 1 atom stereocenters. The summed E-state index contributed by atoms with van der Waals surface area (Å²) in [6.45, 7) is 4.62. The van der Waals surface area contributed by atoms with Crippen molar-refractivity contribution in [1.82, 2.24) is 9.88 Å². The molecule has 1 aromatic heterocycles. The molecule has 0 aromatic carbocycles. The second-order valence-corrected chi connectivity index (χ2v) is 4.91. The number of nitriles is 1. The topological polar surface area (TPSA) is 72.6 Å². The molecule has 6 heteroatoms. The number of aliphatic hydroxyl groups is 1. The number of hydrogen-bond acceptors (Lipinski definition) is 6. The van der Waals surface area contributed by atoms with Crippen molar-refractivity contribution in [2.45, 2.75) is 6.10 Å². The van der Waals surface area contributed by atoms with Crippen LogP contribution in [0.4, 0.5) is 5.69 Å². The fourth-order valence-corrected chi connectivity index (χ4v) is 2.37. The lowest BCUT2D eigenvalue weighted by molar-refractivity contribution is 0.0365. The third-order valence-corrected chi connectivity index (χ3v) is 3.43. The molecule has 0 radical (unpaired) electrons. The molecule has 0 amide bonds. The first kappa shape index (κ1) is 14.7. The number of rotatable bonds is 5. The molecular formula is C14H20N4O2. The SMILES string of the molecule is COC[C@@H](O)CN1CCN(c2ccc(C#N)nc2)CC1. The van der Waals surface area contributed by atoms with Crippen molar-refractivity contribution in [3.63, 3.8) is 0 Å². The van der Waals surface area contributed by atoms with Gasteiger partial charge in [-0.15, -0.1) is 0 Å². The third kappa shape index (κ3) is 3.90. The Kier molecular flexibility index (Phi) is 5.30. The van der Waals surface area contributed by atoms with E-state index in [1.54, 1.807) is 19.4 Å². The number of ether oxygens (including phenoxy) is 1. The highest BCUT2D eigenvalue weighted by atomic mass is 16.5. The van der Waals surface area contributed by atoms with Crippen molar-refractivity contribution >= 4 is 5.69 Å². The lowest BCUT2D eigenvalue weighted by atomic mass is 10.2. The normalized spacial score (nSPS) is 17.8. The number of aliphatic hydroxyl groups excluding tert-OH is 1. The number of nitrogens with zero attached hydrogens (tertiary/aromatic N) is 4. The zero-order valence-corrected chi connectivity index (χ0v) is 11.7. The molecule has 1 N–H and O–H groups in total. The molecule has 0 aliphatic carbocycles. The van der Waals surface area contributed by atoms with Crippen LogP contribution in [0.3, 0.4) is 0 Å². The zero-order chi connectivity index (χ0) is 14.4. The summed E-state index contributed by atoms with van der Waals surface area (Å²) in [6, 6.07) is 5.69. The largest absolute Gasteiger partial charge is 0.389 e. The van der Waals surface area contributed by atoms with Crippen LogP contribution in [-0.2, 0) is 4.74 Å². The highest BCUT2D eigenvalue weighted by molar-refractivity contribution is 5.46. The second-order valence-electron chi connectivity index (χ2n) is 4.91. The summed E-state index contributed by atoms with van der Waals surface area (Å²) in [4.78, 5) is 8.57. The molecule has 0 bridgehead atoms. The van der Waals surface area contributed by atoms with Gasteiger partial charge in [0.1, 0.15) is 11.8 Å². The summed E-state index contributed by atoms with van der Waals surface area (Å²) in [5, 5.41) is 18.5. The van der Waals surface area contributed by atoms with Crippen molar-refractivity contribution in [3.8, 4) is 6.07 Å². The van der Waals surface area contributed by atoms with Gasteiger partial charge in [0.05, 0.1) is 24.6 Å². The summed E-state index contributed by atoms with van der Waals surface area (Å²) in [7, 11) is 1.60. The zero-order valence-electron chi connectivity index (χ0n) is 11.7. The lowest BCUT2D eigenvalue weighted by Gasteiger charge is -2.36. The van der Waals surface area contributed by atoms with Crippen molar-refractivity contribution in [3.05, 3.63) is 24.0 Å². The van der Waals surface area contributed by atoms with Crippen LogP contribution in [0.25, 0.3) is 0 Å². The molecule has 108 valence electrons. The summed E-state index contributed by atoms with van der Waals surface area (Å²) in [5.74, 6) is 0. The summed E-state index contributed by atoms with van der Waals surface area (Å²) in [6.07, 6.45) is 1.32. The Morgan fingerprint density at radius 1 is 1.40 bits per heavy atom. The van der Waals surface area contributed by atoms with Gasteiger partial charge in [0, 0.05) is 39.8 Å². The van der Waals surface area contributed by atoms with E-state index in [0.29, 0.717) is 18.8 Å². The quantitative estimate of drug-likeness (QED) is 0.821. The van der Waals surface area contributed by atoms with Crippen LogP contribution < -0.4 is 4.90 Å². The van der Waals surface area contributed by atoms with Gasteiger partial charge in [-0.1, -0.05) is 0 Å². The first-order chi connectivity index (χ1) is 9.72. The molecule has 1 aliphatic heterocycles. The van der Waals surface area contributed by atoms with E-state index in [-0.39, 0.29) is 0 Å². The van der Waals surface area contributed by atoms with E-state index < -0.39 is 6.10 Å². The van der Waals surface area contributed by atoms with Crippen molar-refractivity contribution in [2.24, 2.45) is 0 Å². The van der Waals surface area contributed by atoms with Gasteiger partial charge in [0.25, 0.3) is 0 Å². The minimum absolute atomic E-state index is 0.375. The molecule has 0 unspecified atom stereocenters. The minimum Gasteiger partial charge on any atom is -0.389 e. The molecule has 0 saturated carbocycles. The van der Waals surface area contributed by atoms with E-state index in [1.807, 2.05) is 12.1 Å². The Morgan fingerprint density at radius 3 is 2.70 bits per heavy atom. The molecule has 1 fully saturated rings. The van der Waals surface area contributed by atoms with Gasteiger partial charge in [0.15, 0.2) is 0 Å². The Hall–Kier alpha value is -1.68. The van der Waals surface area contributed by atoms with E-state index in [9.17, 15) is 5.11 Å². The van der Waals surface area contributed by atoms with E-state index in [1.165, 1.54) is 0 Å². The average Bonchev–Trinajstić information content (AvgIpc) is 2.48. The fraction of sp³-hybridized carbons (Fsp3) is 0.571. The molecule has 1 aromatic rings. The number of methoxy groups -OCH3 is 1. The second kappa shape index (κ2) is 7.20. The van der Waals surface area contributed by atoms with Crippen molar-refractivity contribution in [1.29, 1.82) is 5.26 Å². The first-order valence-corrected chi connectivity index (χ1v) is 6.73. The van der Waals surface area contributed by atoms with E-state index in [0.717, 1.165) is 31.9 Å². The number of piperazine rings is 1. The monoisotopic (exact) mass is 276 g/mol. The summed E-state index contributed by atoms with van der Waals surface area (Å²) < 4.78 is 4.94. The molecule has 0 spiro atoms. The molecule has 6 nitrogen and oxygen atoms in total. The molecular weight excluding hydrogens is 256 g/mol. The van der Waals surface area contributed by atoms with E-state index in [2.05, 4.69) is 14.8 Å². The molecule has 20 heavy (non-hydrogen) atoms. The van der Waals surface area contributed by atoms with Gasteiger partial charge < -0.3 is 14.7 Å². The number of hydrogen-bond donors (Lipinski definition) is 1. The molecule has 1 saturated heterocycles. The van der Waals surface area contributed by atoms with Gasteiger partial charge in [-0.25, -0.2) is 4.98 Å². The Labute approximate surface area is 119 Å². The van der Waals surface area contributed by atoms with Gasteiger partial charge in [0.2, 0.25) is 0 Å². The fourth-order valence-electron chi connectivity index (χ4n) is 2.37. The maximum atomic E-state index is 9.72. The highest BCUT2D eigenvalue weighted by Gasteiger charge is 2.19. The Bertz CT molecular complexity index is 449. The lowest BCUT2D eigenvalue weighted by Crippen LogP contribution is -2.49. The van der Waals surface area contributed by atoms with E-state index in [4.69, 9.17) is 10.00 Å². The van der Waals surface area contributed by atoms with Crippen LogP contribution in [0.15, 0.2) is 18.3 Å². The van der Waals surface area contributed by atoms with Crippen LogP contribution in [0.2, 0.25) is 0 Å². The summed E-state index contributed by atoms with van der Waals surface area (Å²) >= 11 is 0. The smallest absolute Gasteiger partial charge is 0.140 e. The molecule has 2 heterocycles. The first-order valence-electron chi connectivity index (χ1n) is 6.73. The predicted molar refractivity (Wildman–Crippen MR) is 75.5 cm³/mol. The highest BCUT2D eigenvalue weighted by Crippen LogP contribution is 2.15. The van der Waals surface area contributed by atoms with Gasteiger partial charge in [-0.2, -0.15) is 5.26 Å². The maximum absolute atomic E-state index is 9.72. The van der Waals surface area contributed by atoms with Crippen molar-refractivity contribution in [2.75, 3.05) is 51.3 Å². The van der Waals surface area contributed by atoms with Gasteiger partial charge in [-0.3, -0.25) is 4.90 Å². The predicted octanol–water partition coefficient (Wildman–Crippen LogP) is 0.0826. The third-order valence-electron chi connectivity index (χ3n) is 3.43. The van der Waals surface area contributed by atoms with Crippen LogP contribution in [0.1, 0.15) is 5.69 Å². The average molecular weight is 276 g/mol. The van der Waals surface area contributed by atoms with Crippen LogP contribution in [-0.4, -0.2) is 67.5 Å². The van der Waals surface area contributed by atoms with Gasteiger partial charge in [-0.05, 0) is 12.1 Å². The number of anilines is 1. The Morgan fingerprint density at radius 2 is 2.15 bits per heavy atom. The maximum Gasteiger partial charge on any atom is 0.140 e. The standard InChI is InChI=1S/C14H20N4O2/c1-20-11-14(19)10-17-4-6-18(7-5-17)13-3-2-12(8-15)16-9-13/h2-3,9,14,19H,4-7,10-11H2,1H3/t14-/m0/s1. The van der Waals surface area contributed by atoms with Crippen LogP contribution in [0, 0.1) is 11.3 Å². The number of aromatic nitrogens is 1. The minimum atomic E-state index is -0.428. The summed E-state index contributed by atoms with van der Waals surface area (Å²) in [5.41, 5.74) is 1.48.